The van der Waals surface area contributed by atoms with E-state index in [1.165, 1.54) is 26.2 Å². The molecule has 2 heterocycles. The van der Waals surface area contributed by atoms with Crippen molar-refractivity contribution in [2.45, 2.75) is 77.5 Å². The maximum atomic E-state index is 16.0. The molecule has 2 saturated carbocycles. The van der Waals surface area contributed by atoms with Crippen molar-refractivity contribution in [3.05, 3.63) is 63.2 Å². The lowest BCUT2D eigenvalue weighted by molar-refractivity contribution is -0.170. The van der Waals surface area contributed by atoms with E-state index in [-0.39, 0.29) is 53.7 Å². The summed E-state index contributed by atoms with van der Waals surface area (Å²) in [6, 6.07) is 6.21. The molecule has 4 aliphatic rings. The maximum Gasteiger partial charge on any atom is 0.312 e. The van der Waals surface area contributed by atoms with E-state index in [1.807, 2.05) is 0 Å². The Morgan fingerprint density at radius 2 is 1.87 bits per heavy atom. The summed E-state index contributed by atoms with van der Waals surface area (Å²) in [5, 5.41) is 0.732. The number of allylic oxidation sites excluding steroid dienone is 1. The predicted molar refractivity (Wildman–Crippen MR) is 192 cm³/mol. The highest BCUT2D eigenvalue weighted by Crippen LogP contribution is 2.57. The van der Waals surface area contributed by atoms with Crippen LogP contribution in [0.2, 0.25) is 5.02 Å². The summed E-state index contributed by atoms with van der Waals surface area (Å²) in [5.41, 5.74) is 4.58. The number of alkyl halides is 2. The van der Waals surface area contributed by atoms with Crippen LogP contribution in [-0.2, 0) is 32.1 Å². The fraction of sp³-hybridized carbons (Fsp3) is 0.553. The van der Waals surface area contributed by atoms with Crippen molar-refractivity contribution < 1.29 is 46.5 Å². The molecular weight excluding hydrogens is 731 g/mol. The number of hydrogen-bond donors (Lipinski definition) is 2. The van der Waals surface area contributed by atoms with Crippen LogP contribution in [0.25, 0.3) is 0 Å². The summed E-state index contributed by atoms with van der Waals surface area (Å²) in [5.74, 6) is 3.35. The van der Waals surface area contributed by atoms with E-state index >= 15 is 9.18 Å². The normalized spacial score (nSPS) is 23.6. The Morgan fingerprint density at radius 1 is 1.13 bits per heavy atom. The Kier molecular flexibility index (Phi) is 11.2. The summed E-state index contributed by atoms with van der Waals surface area (Å²) in [7, 11) is 4.22. The minimum atomic E-state index is -3.04. The molecule has 0 aromatic heterocycles. The van der Waals surface area contributed by atoms with Crippen LogP contribution in [0.1, 0.15) is 74.7 Å². The van der Waals surface area contributed by atoms with Crippen LogP contribution >= 0.6 is 11.6 Å². The predicted octanol–water partition coefficient (Wildman–Crippen LogP) is 5.45. The van der Waals surface area contributed by atoms with Crippen LogP contribution in [0.3, 0.4) is 0 Å². The van der Waals surface area contributed by atoms with Gasteiger partial charge in [-0.05, 0) is 68.2 Å². The number of nitrogens with two attached hydrogens (primary N) is 2. The molecule has 16 heteroatoms. The van der Waals surface area contributed by atoms with Gasteiger partial charge in [0.2, 0.25) is 11.8 Å². The van der Waals surface area contributed by atoms with E-state index in [1.54, 1.807) is 30.0 Å². The molecule has 2 aromatic carbocycles. The molecule has 4 N–H and O–H groups in total. The molecule has 2 aliphatic heterocycles. The quantitative estimate of drug-likeness (QED) is 0.162. The second kappa shape index (κ2) is 15.4. The summed E-state index contributed by atoms with van der Waals surface area (Å²) < 4.78 is 66.2. The number of ether oxygens (including phenoxy) is 4. The van der Waals surface area contributed by atoms with Gasteiger partial charge in [-0.25, -0.2) is 19.0 Å². The first-order chi connectivity index (χ1) is 25.6. The first-order valence-electron chi connectivity index (χ1n) is 18.0. The van der Waals surface area contributed by atoms with E-state index in [9.17, 15) is 18.4 Å². The minimum absolute atomic E-state index is 0.0678. The van der Waals surface area contributed by atoms with Crippen molar-refractivity contribution in [2.75, 3.05) is 41.0 Å². The molecule has 54 heavy (non-hydrogen) atoms. The Hall–Kier alpha value is -4.37. The number of amides is 2. The van der Waals surface area contributed by atoms with Crippen molar-refractivity contribution in [1.29, 1.82) is 0 Å². The zero-order chi connectivity index (χ0) is 39.1. The third-order valence-electron chi connectivity index (χ3n) is 11.5. The van der Waals surface area contributed by atoms with Crippen molar-refractivity contribution in [3.8, 4) is 17.2 Å². The van der Waals surface area contributed by atoms with Crippen LogP contribution < -0.4 is 25.8 Å². The summed E-state index contributed by atoms with van der Waals surface area (Å²) >= 11 is 6.64. The van der Waals surface area contributed by atoms with Gasteiger partial charge in [-0.2, -0.15) is 0 Å². The number of rotatable bonds is 12. The zero-order valence-electron chi connectivity index (χ0n) is 30.9. The zero-order valence-corrected chi connectivity index (χ0v) is 31.6. The summed E-state index contributed by atoms with van der Waals surface area (Å²) in [6.07, 6.45) is 0.00971. The van der Waals surface area contributed by atoms with Gasteiger partial charge in [-0.3, -0.25) is 14.4 Å². The third kappa shape index (κ3) is 7.36. The van der Waals surface area contributed by atoms with Gasteiger partial charge in [0.1, 0.15) is 36.6 Å². The van der Waals surface area contributed by atoms with E-state index in [2.05, 4.69) is 0 Å². The molecule has 1 spiro atoms. The van der Waals surface area contributed by atoms with Crippen molar-refractivity contribution in [3.63, 3.8) is 0 Å². The van der Waals surface area contributed by atoms with E-state index < -0.39 is 59.6 Å². The van der Waals surface area contributed by atoms with Gasteiger partial charge in [0, 0.05) is 48.8 Å². The minimum Gasteiger partial charge on any atom is -0.497 e. The highest BCUT2D eigenvalue weighted by Gasteiger charge is 2.57. The van der Waals surface area contributed by atoms with Gasteiger partial charge < -0.3 is 39.5 Å². The molecule has 0 bridgehead atoms. The fourth-order valence-corrected chi connectivity index (χ4v) is 8.55. The molecule has 1 saturated heterocycles. The number of nitrogens with zero attached hydrogens (tertiary/aromatic N) is 3. The van der Waals surface area contributed by atoms with Gasteiger partial charge in [0.25, 0.3) is 6.43 Å². The maximum absolute atomic E-state index is 16.0. The Bertz CT molecular complexity index is 1830. The van der Waals surface area contributed by atoms with Gasteiger partial charge in [0.15, 0.2) is 11.6 Å². The van der Waals surface area contributed by atoms with Crippen molar-refractivity contribution in [2.24, 2.45) is 28.3 Å². The van der Waals surface area contributed by atoms with Gasteiger partial charge in [-0.1, -0.05) is 24.4 Å². The van der Waals surface area contributed by atoms with Crippen LogP contribution in [0.4, 0.5) is 13.2 Å². The molecule has 3 atom stereocenters. The molecule has 2 aromatic rings. The number of benzene rings is 2. The molecule has 0 radical (unpaired) electrons. The van der Waals surface area contributed by atoms with Crippen LogP contribution in [-0.4, -0.2) is 80.0 Å². The van der Waals surface area contributed by atoms with Crippen molar-refractivity contribution >= 4 is 29.4 Å². The summed E-state index contributed by atoms with van der Waals surface area (Å²) in [4.78, 5) is 46.0. The van der Waals surface area contributed by atoms with Crippen molar-refractivity contribution in [1.82, 2.24) is 14.8 Å². The molecular formula is C38H47ClF3N5O7. The van der Waals surface area contributed by atoms with Gasteiger partial charge in [0.05, 0.1) is 31.2 Å². The average Bonchev–Trinajstić information content (AvgIpc) is 3.81. The second-order valence-corrected chi connectivity index (χ2v) is 15.4. The van der Waals surface area contributed by atoms with Gasteiger partial charge in [-0.15, -0.1) is 0 Å². The lowest BCUT2D eigenvalue weighted by atomic mass is 9.66. The second-order valence-electron chi connectivity index (χ2n) is 15.0. The lowest BCUT2D eigenvalue weighted by Gasteiger charge is -2.47. The number of carbonyl (C=O) groups excluding carboxylic acids is 3. The third-order valence-corrected chi connectivity index (χ3v) is 11.8. The lowest BCUT2D eigenvalue weighted by Crippen LogP contribution is -2.55. The molecule has 294 valence electrons. The molecule has 2 aliphatic carbocycles. The number of halogens is 4. The van der Waals surface area contributed by atoms with E-state index in [0.717, 1.165) is 18.9 Å². The van der Waals surface area contributed by atoms with E-state index in [4.69, 9.17) is 42.1 Å². The number of fused-ring (bicyclic) bond motifs is 1. The van der Waals surface area contributed by atoms with Gasteiger partial charge >= 0.3 is 5.97 Å². The number of methoxy groups -OCH3 is 2. The Morgan fingerprint density at radius 3 is 2.50 bits per heavy atom. The molecule has 2 amide bonds. The smallest absolute Gasteiger partial charge is 0.312 e. The first kappa shape index (κ1) is 39.3. The standard InChI is InChI=1S/C38H47ClF3N5O7/c1-37(36(50)54-18-21-8-9-22(51-3)15-28(21)52-4)11-6-5-7-24(37)35(49)46-14-10-23-25(39)16-26(40)32(53-19-27(43)31(33(41)42)45(2)44)30(23)34(46)47-20-38(12-13-38)17-29(47)48/h8-9,15-16,24,33-34H,5-7,10-14,17-20,43-44H2,1-4H3/b31-27-/t24?,34?,37-/m0/s1. The topological polar surface area (TPSA) is 150 Å². The fourth-order valence-electron chi connectivity index (χ4n) is 8.26. The van der Waals surface area contributed by atoms with E-state index in [0.29, 0.717) is 59.9 Å². The number of hydrogen-bond acceptors (Lipinski definition) is 10. The first-order valence-corrected chi connectivity index (χ1v) is 18.4. The van der Waals surface area contributed by atoms with Crippen LogP contribution in [0.5, 0.6) is 17.2 Å². The molecule has 6 rings (SSSR count). The monoisotopic (exact) mass is 777 g/mol. The molecule has 3 fully saturated rings. The molecule has 2 unspecified atom stereocenters. The summed E-state index contributed by atoms with van der Waals surface area (Å²) in [6.45, 7) is 1.38. The number of esters is 1. The Labute approximate surface area is 317 Å². The average molecular weight is 778 g/mol. The molecule has 12 nitrogen and oxygen atoms in total. The number of likely N-dealkylation sites (tertiary alicyclic amines) is 1. The Balaban J connectivity index is 1.36. The SMILES string of the molecule is COc1ccc(COC(=O)[C@@]2(C)CCCCC2C(=O)N2CCc3c(Cl)cc(F)c(OC/C(N)=C(\C(F)F)N(C)N)c3C2N2CC3(CC3)CC2=O)c(OC)c1. The number of carbonyl (C=O) groups is 3. The largest absolute Gasteiger partial charge is 0.497 e. The van der Waals surface area contributed by atoms with Crippen LogP contribution in [0, 0.1) is 22.6 Å². The highest BCUT2D eigenvalue weighted by atomic mass is 35.5. The van der Waals surface area contributed by atoms with Crippen LogP contribution in [0.15, 0.2) is 35.7 Å². The number of hydrazine groups is 1. The highest BCUT2D eigenvalue weighted by molar-refractivity contribution is 6.31.